The van der Waals surface area contributed by atoms with Crippen LogP contribution >= 0.6 is 0 Å². The Hall–Kier alpha value is -4.41. The first-order valence-corrected chi connectivity index (χ1v) is 8.72. The van der Waals surface area contributed by atoms with Gasteiger partial charge in [-0.15, -0.1) is 0 Å². The maximum absolute atomic E-state index is 12.2. The second-order valence-electron chi connectivity index (χ2n) is 6.18. The summed E-state index contributed by atoms with van der Waals surface area (Å²) >= 11 is 0. The minimum Gasteiger partial charge on any atom is -0.478 e. The molecule has 0 aliphatic carbocycles. The van der Waals surface area contributed by atoms with Gasteiger partial charge >= 0.3 is 18.6 Å². The van der Waals surface area contributed by atoms with Crippen molar-refractivity contribution < 1.29 is 33.0 Å². The van der Waals surface area contributed by atoms with E-state index in [0.717, 1.165) is 0 Å². The summed E-state index contributed by atoms with van der Waals surface area (Å²) in [5, 5.41) is 14.4. The van der Waals surface area contributed by atoms with Gasteiger partial charge in [-0.05, 0) is 42.0 Å². The molecule has 0 atom stereocenters. The lowest BCUT2D eigenvalue weighted by Crippen LogP contribution is -2.19. The first kappa shape index (κ1) is 21.3. The SMILES string of the molecule is NC(=O)c1[nH]cc(C(=O)O)c1-c1ccc(NC(=O)Nc2ccc(OC(F)F)cc2)cc1. The largest absolute Gasteiger partial charge is 0.478 e. The number of nitrogens with one attached hydrogen (secondary N) is 3. The van der Waals surface area contributed by atoms with Crippen molar-refractivity contribution in [3.8, 4) is 16.9 Å². The maximum Gasteiger partial charge on any atom is 0.387 e. The number of hydrogen-bond donors (Lipinski definition) is 5. The van der Waals surface area contributed by atoms with Crippen LogP contribution in [0, 0.1) is 0 Å². The lowest BCUT2D eigenvalue weighted by molar-refractivity contribution is -0.0498. The molecule has 3 aromatic rings. The molecule has 1 heterocycles. The topological polar surface area (TPSA) is 147 Å². The van der Waals surface area contributed by atoms with Gasteiger partial charge < -0.3 is 31.2 Å². The summed E-state index contributed by atoms with van der Waals surface area (Å²) in [5.74, 6) is -2.09. The molecule has 3 amide bonds. The second-order valence-corrected chi connectivity index (χ2v) is 6.18. The van der Waals surface area contributed by atoms with Gasteiger partial charge in [-0.2, -0.15) is 8.78 Å². The van der Waals surface area contributed by atoms with E-state index >= 15 is 0 Å². The number of amides is 3. The van der Waals surface area contributed by atoms with Gasteiger partial charge in [-0.25, -0.2) is 9.59 Å². The number of carboxylic acids is 1. The molecule has 0 aliphatic heterocycles. The Kier molecular flexibility index (Phi) is 6.15. The van der Waals surface area contributed by atoms with E-state index in [1.54, 1.807) is 0 Å². The highest BCUT2D eigenvalue weighted by Crippen LogP contribution is 2.29. The number of H-pyrrole nitrogens is 1. The van der Waals surface area contributed by atoms with Crippen molar-refractivity contribution in [1.82, 2.24) is 4.98 Å². The van der Waals surface area contributed by atoms with Gasteiger partial charge in [0.25, 0.3) is 5.91 Å². The van der Waals surface area contributed by atoms with Crippen LogP contribution in [0.4, 0.5) is 25.0 Å². The highest BCUT2D eigenvalue weighted by Gasteiger charge is 2.21. The van der Waals surface area contributed by atoms with Gasteiger partial charge in [0, 0.05) is 23.1 Å². The summed E-state index contributed by atoms with van der Waals surface area (Å²) in [6, 6.07) is 10.8. The van der Waals surface area contributed by atoms with E-state index in [2.05, 4.69) is 20.4 Å². The van der Waals surface area contributed by atoms with Crippen molar-refractivity contribution in [2.75, 3.05) is 10.6 Å². The second kappa shape index (κ2) is 8.95. The zero-order chi connectivity index (χ0) is 22.5. The predicted molar refractivity (Wildman–Crippen MR) is 107 cm³/mol. The normalized spacial score (nSPS) is 10.5. The van der Waals surface area contributed by atoms with Gasteiger partial charge in [-0.1, -0.05) is 12.1 Å². The number of nitrogens with two attached hydrogens (primary N) is 1. The number of carbonyl (C=O) groups is 3. The molecule has 0 saturated heterocycles. The highest BCUT2D eigenvalue weighted by molar-refractivity contribution is 6.06. The van der Waals surface area contributed by atoms with Crippen molar-refractivity contribution in [3.63, 3.8) is 0 Å². The molecular weight excluding hydrogens is 414 g/mol. The number of carboxylic acid groups (broad SMARTS) is 1. The van der Waals surface area contributed by atoms with E-state index < -0.39 is 24.5 Å². The van der Waals surface area contributed by atoms with Crippen molar-refractivity contribution in [3.05, 3.63) is 66.0 Å². The van der Waals surface area contributed by atoms with Gasteiger partial charge in [0.15, 0.2) is 0 Å². The van der Waals surface area contributed by atoms with E-state index in [9.17, 15) is 28.3 Å². The third-order valence-corrected chi connectivity index (χ3v) is 4.13. The van der Waals surface area contributed by atoms with E-state index in [1.165, 1.54) is 54.7 Å². The lowest BCUT2D eigenvalue weighted by atomic mass is 10.0. The summed E-state index contributed by atoms with van der Waals surface area (Å²) in [6.07, 6.45) is 1.18. The van der Waals surface area contributed by atoms with E-state index in [1.807, 2.05) is 0 Å². The minimum absolute atomic E-state index is 0.0441. The van der Waals surface area contributed by atoms with Crippen LogP contribution in [0.2, 0.25) is 0 Å². The van der Waals surface area contributed by atoms with Crippen molar-refractivity contribution in [1.29, 1.82) is 0 Å². The molecule has 0 bridgehead atoms. The Morgan fingerprint density at radius 2 is 1.52 bits per heavy atom. The molecule has 3 rings (SSSR count). The van der Waals surface area contributed by atoms with E-state index in [-0.39, 0.29) is 22.6 Å². The molecule has 2 aromatic carbocycles. The summed E-state index contributed by atoms with van der Waals surface area (Å²) < 4.78 is 28.5. The molecule has 0 radical (unpaired) electrons. The number of anilines is 2. The molecular formula is C20H16F2N4O5. The molecule has 0 fully saturated rings. The van der Waals surface area contributed by atoms with Gasteiger partial charge in [0.1, 0.15) is 11.4 Å². The lowest BCUT2D eigenvalue weighted by Gasteiger charge is -2.10. The molecule has 9 nitrogen and oxygen atoms in total. The molecule has 0 aliphatic rings. The number of primary amides is 1. The fraction of sp³-hybridized carbons (Fsp3) is 0.0500. The molecule has 0 spiro atoms. The standard InChI is InChI=1S/C20H16F2N4O5/c21-19(22)31-13-7-5-12(6-8-13)26-20(30)25-11-3-1-10(2-4-11)15-14(18(28)29)9-24-16(15)17(23)27/h1-9,19,24H,(H2,23,27)(H,28,29)(H2,25,26,30). The monoisotopic (exact) mass is 430 g/mol. The number of alkyl halides is 2. The highest BCUT2D eigenvalue weighted by atomic mass is 19.3. The van der Waals surface area contributed by atoms with Crippen LogP contribution in [0.1, 0.15) is 20.8 Å². The van der Waals surface area contributed by atoms with Crippen molar-refractivity contribution in [2.24, 2.45) is 5.73 Å². The molecule has 160 valence electrons. The zero-order valence-electron chi connectivity index (χ0n) is 15.7. The smallest absolute Gasteiger partial charge is 0.387 e. The molecule has 0 unspecified atom stereocenters. The van der Waals surface area contributed by atoms with Crippen LogP contribution < -0.4 is 21.1 Å². The Labute approximate surface area is 173 Å². The van der Waals surface area contributed by atoms with Crippen LogP contribution in [0.3, 0.4) is 0 Å². The number of rotatable bonds is 7. The van der Waals surface area contributed by atoms with Gasteiger partial charge in [0.2, 0.25) is 0 Å². The third kappa shape index (κ3) is 5.15. The van der Waals surface area contributed by atoms with Crippen LogP contribution in [0.5, 0.6) is 5.75 Å². The minimum atomic E-state index is -2.94. The number of halogens is 2. The number of ether oxygens (including phenoxy) is 1. The first-order chi connectivity index (χ1) is 14.7. The summed E-state index contributed by atoms with van der Waals surface area (Å²) in [5.41, 5.74) is 6.41. The third-order valence-electron chi connectivity index (χ3n) is 4.13. The van der Waals surface area contributed by atoms with Crippen LogP contribution in [-0.4, -0.2) is 34.6 Å². The Morgan fingerprint density at radius 1 is 0.968 bits per heavy atom. The molecule has 1 aromatic heterocycles. The van der Waals surface area contributed by atoms with Gasteiger partial charge in [0.05, 0.1) is 5.56 Å². The van der Waals surface area contributed by atoms with Crippen LogP contribution in [0.25, 0.3) is 11.1 Å². The number of urea groups is 1. The molecule has 11 heteroatoms. The summed E-state index contributed by atoms with van der Waals surface area (Å²) in [6.45, 7) is -2.94. The number of aromatic carboxylic acids is 1. The molecule has 6 N–H and O–H groups in total. The Morgan fingerprint density at radius 3 is 2.00 bits per heavy atom. The van der Waals surface area contributed by atoms with E-state index in [4.69, 9.17) is 5.73 Å². The van der Waals surface area contributed by atoms with E-state index in [0.29, 0.717) is 16.9 Å². The quantitative estimate of drug-likeness (QED) is 0.388. The fourth-order valence-electron chi connectivity index (χ4n) is 2.82. The van der Waals surface area contributed by atoms with Crippen LogP contribution in [-0.2, 0) is 0 Å². The number of carbonyl (C=O) groups excluding carboxylic acids is 2. The average Bonchev–Trinajstić information content (AvgIpc) is 3.15. The number of hydrogen-bond acceptors (Lipinski definition) is 4. The molecule has 31 heavy (non-hydrogen) atoms. The zero-order valence-corrected chi connectivity index (χ0v) is 15.7. The summed E-state index contributed by atoms with van der Waals surface area (Å²) in [7, 11) is 0. The van der Waals surface area contributed by atoms with Crippen molar-refractivity contribution in [2.45, 2.75) is 6.61 Å². The van der Waals surface area contributed by atoms with Crippen molar-refractivity contribution >= 4 is 29.3 Å². The summed E-state index contributed by atoms with van der Waals surface area (Å²) in [4.78, 5) is 37.7. The number of benzene rings is 2. The van der Waals surface area contributed by atoms with Crippen LogP contribution in [0.15, 0.2) is 54.7 Å². The molecule has 0 saturated carbocycles. The Bertz CT molecular complexity index is 1080. The average molecular weight is 430 g/mol. The Balaban J connectivity index is 1.70. The fourth-order valence-corrected chi connectivity index (χ4v) is 2.82. The first-order valence-electron chi connectivity index (χ1n) is 8.72. The maximum atomic E-state index is 12.2. The van der Waals surface area contributed by atoms with Gasteiger partial charge in [-0.3, -0.25) is 4.79 Å². The number of aromatic nitrogens is 1. The number of aromatic amines is 1. The predicted octanol–water partition coefficient (Wildman–Crippen LogP) is 3.72.